The predicted molar refractivity (Wildman–Crippen MR) is 75.0 cm³/mol. The molecule has 21 heavy (non-hydrogen) atoms. The lowest BCUT2D eigenvalue weighted by Gasteiger charge is -2.04. The Labute approximate surface area is 125 Å². The van der Waals surface area contributed by atoms with Crippen molar-refractivity contribution in [1.82, 2.24) is 20.1 Å². The van der Waals surface area contributed by atoms with Crippen molar-refractivity contribution in [3.8, 4) is 0 Å². The molecule has 2 aromatic rings. The Kier molecular flexibility index (Phi) is 5.00. The summed E-state index contributed by atoms with van der Waals surface area (Å²) in [5.41, 5.74) is -0.158. The van der Waals surface area contributed by atoms with Crippen LogP contribution in [0.5, 0.6) is 0 Å². The highest BCUT2D eigenvalue weighted by Gasteiger charge is 2.33. The molecular formula is C13H17F3N4S. The summed E-state index contributed by atoms with van der Waals surface area (Å²) < 4.78 is 38.6. The molecule has 2 rings (SSSR count). The summed E-state index contributed by atoms with van der Waals surface area (Å²) in [7, 11) is 0. The SMILES string of the molecule is CC(C)CNCc1nc(Cn2ccc(C(F)(F)F)n2)cs1. The van der Waals surface area contributed by atoms with Gasteiger partial charge in [-0.05, 0) is 18.5 Å². The van der Waals surface area contributed by atoms with Crippen molar-refractivity contribution in [3.63, 3.8) is 0 Å². The Morgan fingerprint density at radius 3 is 2.76 bits per heavy atom. The standard InChI is InChI=1S/C13H17F3N4S/c1-9(2)5-17-6-12-18-10(8-21-12)7-20-4-3-11(19-20)13(14,15)16/h3-4,8-9,17H,5-7H2,1-2H3. The molecule has 2 heterocycles. The first-order chi connectivity index (χ1) is 9.84. The van der Waals surface area contributed by atoms with E-state index in [1.165, 1.54) is 22.2 Å². The maximum absolute atomic E-state index is 12.5. The molecule has 0 unspecified atom stereocenters. The zero-order valence-corrected chi connectivity index (χ0v) is 12.6. The van der Waals surface area contributed by atoms with Gasteiger partial charge in [-0.15, -0.1) is 11.3 Å². The lowest BCUT2D eigenvalue weighted by molar-refractivity contribution is -0.141. The molecule has 0 spiro atoms. The van der Waals surface area contributed by atoms with Gasteiger partial charge in [0.05, 0.1) is 12.2 Å². The maximum atomic E-state index is 12.5. The van der Waals surface area contributed by atoms with Gasteiger partial charge in [-0.1, -0.05) is 13.8 Å². The number of aromatic nitrogens is 3. The number of nitrogens with one attached hydrogen (secondary N) is 1. The maximum Gasteiger partial charge on any atom is 0.435 e. The van der Waals surface area contributed by atoms with E-state index < -0.39 is 11.9 Å². The van der Waals surface area contributed by atoms with Crippen LogP contribution in [0.4, 0.5) is 13.2 Å². The van der Waals surface area contributed by atoms with Crippen molar-refractivity contribution < 1.29 is 13.2 Å². The fraction of sp³-hybridized carbons (Fsp3) is 0.538. The van der Waals surface area contributed by atoms with Crippen LogP contribution in [0.3, 0.4) is 0 Å². The summed E-state index contributed by atoms with van der Waals surface area (Å²) in [6.45, 7) is 6.07. The Morgan fingerprint density at radius 2 is 2.14 bits per heavy atom. The van der Waals surface area contributed by atoms with Crippen molar-refractivity contribution in [3.05, 3.63) is 34.0 Å². The molecule has 0 atom stereocenters. The highest BCUT2D eigenvalue weighted by atomic mass is 32.1. The summed E-state index contributed by atoms with van der Waals surface area (Å²) >= 11 is 1.50. The van der Waals surface area contributed by atoms with Gasteiger partial charge in [0.2, 0.25) is 0 Å². The van der Waals surface area contributed by atoms with Gasteiger partial charge >= 0.3 is 6.18 Å². The topological polar surface area (TPSA) is 42.7 Å². The van der Waals surface area contributed by atoms with Crippen LogP contribution in [0.2, 0.25) is 0 Å². The van der Waals surface area contributed by atoms with E-state index in [0.29, 0.717) is 12.5 Å². The van der Waals surface area contributed by atoms with Crippen LogP contribution < -0.4 is 5.32 Å². The van der Waals surface area contributed by atoms with Crippen LogP contribution >= 0.6 is 11.3 Å². The molecule has 0 saturated heterocycles. The van der Waals surface area contributed by atoms with Crippen molar-refractivity contribution >= 4 is 11.3 Å². The zero-order valence-electron chi connectivity index (χ0n) is 11.8. The predicted octanol–water partition coefficient (Wildman–Crippen LogP) is 3.15. The second-order valence-electron chi connectivity index (χ2n) is 5.15. The van der Waals surface area contributed by atoms with E-state index in [1.807, 2.05) is 5.38 Å². The lowest BCUT2D eigenvalue weighted by atomic mass is 10.2. The van der Waals surface area contributed by atoms with Crippen LogP contribution in [0.15, 0.2) is 17.6 Å². The minimum absolute atomic E-state index is 0.247. The van der Waals surface area contributed by atoms with Crippen LogP contribution in [0.1, 0.15) is 30.2 Å². The molecule has 0 bridgehead atoms. The Morgan fingerprint density at radius 1 is 1.38 bits per heavy atom. The molecule has 0 saturated carbocycles. The second-order valence-corrected chi connectivity index (χ2v) is 6.10. The van der Waals surface area contributed by atoms with E-state index in [2.05, 4.69) is 29.2 Å². The summed E-state index contributed by atoms with van der Waals surface area (Å²) in [4.78, 5) is 4.39. The first kappa shape index (κ1) is 16.0. The average Bonchev–Trinajstić information content (AvgIpc) is 2.98. The molecule has 8 heteroatoms. The summed E-state index contributed by atoms with van der Waals surface area (Å²) in [5.74, 6) is 0.564. The quantitative estimate of drug-likeness (QED) is 0.890. The summed E-state index contributed by atoms with van der Waals surface area (Å²) in [5, 5.41) is 9.56. The molecule has 2 aromatic heterocycles. The van der Waals surface area contributed by atoms with Crippen LogP contribution in [-0.4, -0.2) is 21.3 Å². The summed E-state index contributed by atoms with van der Waals surface area (Å²) in [6, 6.07) is 0.970. The average molecular weight is 318 g/mol. The Hall–Kier alpha value is -1.41. The Balaban J connectivity index is 1.91. The van der Waals surface area contributed by atoms with Gasteiger partial charge < -0.3 is 5.32 Å². The first-order valence-electron chi connectivity index (χ1n) is 6.59. The molecular weight excluding hydrogens is 301 g/mol. The molecule has 1 N–H and O–H groups in total. The van der Waals surface area contributed by atoms with E-state index in [4.69, 9.17) is 0 Å². The molecule has 0 aliphatic rings. The van der Waals surface area contributed by atoms with E-state index >= 15 is 0 Å². The van der Waals surface area contributed by atoms with Gasteiger partial charge in [0.1, 0.15) is 5.01 Å². The third-order valence-corrected chi connectivity index (χ3v) is 3.58. The van der Waals surface area contributed by atoms with Crippen molar-refractivity contribution in [2.45, 2.75) is 33.1 Å². The monoisotopic (exact) mass is 318 g/mol. The smallest absolute Gasteiger partial charge is 0.310 e. The largest absolute Gasteiger partial charge is 0.435 e. The normalized spacial score (nSPS) is 12.3. The fourth-order valence-corrected chi connectivity index (χ4v) is 2.49. The minimum Gasteiger partial charge on any atom is -0.310 e. The molecule has 0 radical (unpaired) electrons. The highest BCUT2D eigenvalue weighted by Crippen LogP contribution is 2.27. The van der Waals surface area contributed by atoms with E-state index in [-0.39, 0.29) is 6.54 Å². The molecule has 0 aliphatic carbocycles. The number of thiazole rings is 1. The molecule has 0 aliphatic heterocycles. The van der Waals surface area contributed by atoms with Crippen molar-refractivity contribution in [2.75, 3.05) is 6.54 Å². The van der Waals surface area contributed by atoms with Crippen molar-refractivity contribution in [1.29, 1.82) is 0 Å². The van der Waals surface area contributed by atoms with E-state index in [0.717, 1.165) is 23.3 Å². The second kappa shape index (κ2) is 6.57. The molecule has 4 nitrogen and oxygen atoms in total. The first-order valence-corrected chi connectivity index (χ1v) is 7.47. The number of rotatable bonds is 6. The number of alkyl halides is 3. The van der Waals surface area contributed by atoms with Gasteiger partial charge in [0.15, 0.2) is 5.69 Å². The summed E-state index contributed by atoms with van der Waals surface area (Å²) in [6.07, 6.45) is -3.09. The number of hydrogen-bond donors (Lipinski definition) is 1. The third kappa shape index (κ3) is 4.82. The van der Waals surface area contributed by atoms with E-state index in [9.17, 15) is 13.2 Å². The molecule has 0 fully saturated rings. The number of hydrogen-bond acceptors (Lipinski definition) is 4. The Bertz CT molecular complexity index is 574. The number of halogens is 3. The highest BCUT2D eigenvalue weighted by molar-refractivity contribution is 7.09. The van der Waals surface area contributed by atoms with Crippen LogP contribution in [0.25, 0.3) is 0 Å². The lowest BCUT2D eigenvalue weighted by Crippen LogP contribution is -2.18. The van der Waals surface area contributed by atoms with Gasteiger partial charge in [-0.25, -0.2) is 4.98 Å². The minimum atomic E-state index is -4.40. The van der Waals surface area contributed by atoms with Gasteiger partial charge in [-0.2, -0.15) is 18.3 Å². The van der Waals surface area contributed by atoms with Crippen LogP contribution in [0, 0.1) is 5.92 Å². The molecule has 0 amide bonds. The molecule has 0 aromatic carbocycles. The zero-order chi connectivity index (χ0) is 15.5. The molecule has 116 valence electrons. The van der Waals surface area contributed by atoms with Gasteiger partial charge in [-0.3, -0.25) is 4.68 Å². The van der Waals surface area contributed by atoms with Crippen LogP contribution in [-0.2, 0) is 19.3 Å². The number of nitrogens with zero attached hydrogens (tertiary/aromatic N) is 3. The van der Waals surface area contributed by atoms with E-state index in [1.54, 1.807) is 0 Å². The fourth-order valence-electron chi connectivity index (χ4n) is 1.74. The van der Waals surface area contributed by atoms with Gasteiger partial charge in [0.25, 0.3) is 0 Å². The van der Waals surface area contributed by atoms with Gasteiger partial charge in [0, 0.05) is 18.1 Å². The van der Waals surface area contributed by atoms with Crippen molar-refractivity contribution in [2.24, 2.45) is 5.92 Å². The third-order valence-electron chi connectivity index (χ3n) is 2.68.